The number of anilines is 1. The zero-order chi connectivity index (χ0) is 15.2. The molecule has 0 fully saturated rings. The van der Waals surface area contributed by atoms with Crippen LogP contribution in [-0.2, 0) is 9.59 Å². The quantitative estimate of drug-likeness (QED) is 0.660. The number of hydrazone groups is 2. The van der Waals surface area contributed by atoms with Gasteiger partial charge in [-0.2, -0.15) is 20.5 Å². The highest BCUT2D eigenvalue weighted by molar-refractivity contribution is 6.23. The van der Waals surface area contributed by atoms with Crippen LogP contribution in [0.25, 0.3) is 0 Å². The van der Waals surface area contributed by atoms with Gasteiger partial charge in [0, 0.05) is 6.21 Å². The van der Waals surface area contributed by atoms with Crippen molar-refractivity contribution in [2.24, 2.45) is 16.1 Å². The molecule has 0 saturated heterocycles. The van der Waals surface area contributed by atoms with E-state index in [2.05, 4.69) is 15.6 Å². The third-order valence-corrected chi connectivity index (χ3v) is 2.84. The lowest BCUT2D eigenvalue weighted by molar-refractivity contribution is -0.120. The van der Waals surface area contributed by atoms with Crippen molar-refractivity contribution in [2.75, 3.05) is 5.01 Å². The van der Waals surface area contributed by atoms with E-state index >= 15 is 0 Å². The summed E-state index contributed by atoms with van der Waals surface area (Å²) in [5.74, 6) is -1.38. The second-order valence-corrected chi connectivity index (χ2v) is 4.35. The Balaban J connectivity index is 2.06. The Bertz CT molecular complexity index is 645. The van der Waals surface area contributed by atoms with Gasteiger partial charge in [0.1, 0.15) is 12.3 Å². The summed E-state index contributed by atoms with van der Waals surface area (Å²) >= 11 is 0. The van der Waals surface area contributed by atoms with Crippen LogP contribution < -0.4 is 10.4 Å². The molecule has 0 unspecified atom stereocenters. The molecule has 0 aliphatic carbocycles. The molecule has 106 valence electrons. The molecule has 1 atom stereocenters. The molecule has 0 bridgehead atoms. The van der Waals surface area contributed by atoms with Crippen molar-refractivity contribution in [1.29, 1.82) is 5.26 Å². The predicted octanol–water partition coefficient (Wildman–Crippen LogP) is 1.04. The van der Waals surface area contributed by atoms with Crippen molar-refractivity contribution < 1.29 is 9.59 Å². The Hall–Kier alpha value is -3.01. The summed E-state index contributed by atoms with van der Waals surface area (Å²) in [6.07, 6.45) is 1.04. The number of nitrogens with one attached hydrogen (secondary N) is 1. The monoisotopic (exact) mass is 283 g/mol. The molecular weight excluding hydrogens is 270 g/mol. The van der Waals surface area contributed by atoms with Gasteiger partial charge >= 0.3 is 0 Å². The fraction of sp³-hybridized carbons (Fsp3) is 0.214. The summed E-state index contributed by atoms with van der Waals surface area (Å²) in [5.41, 5.74) is 3.45. The van der Waals surface area contributed by atoms with Gasteiger partial charge in [-0.1, -0.05) is 18.2 Å². The van der Waals surface area contributed by atoms with Crippen molar-refractivity contribution in [2.45, 2.75) is 13.3 Å². The molecule has 1 heterocycles. The van der Waals surface area contributed by atoms with Gasteiger partial charge in [0.2, 0.25) is 0 Å². The fourth-order valence-electron chi connectivity index (χ4n) is 1.80. The smallest absolute Gasteiger partial charge is 0.261 e. The molecule has 1 aromatic rings. The van der Waals surface area contributed by atoms with Gasteiger partial charge in [-0.3, -0.25) is 9.59 Å². The first-order valence-electron chi connectivity index (χ1n) is 6.26. The Morgan fingerprint density at radius 3 is 2.90 bits per heavy atom. The van der Waals surface area contributed by atoms with Crippen molar-refractivity contribution >= 4 is 29.4 Å². The summed E-state index contributed by atoms with van der Waals surface area (Å²) in [7, 11) is 0. The first-order chi connectivity index (χ1) is 10.1. The summed E-state index contributed by atoms with van der Waals surface area (Å²) in [6.45, 7) is 1.72. The molecule has 0 radical (unpaired) electrons. The second-order valence-electron chi connectivity index (χ2n) is 4.35. The molecule has 1 aromatic carbocycles. The lowest BCUT2D eigenvalue weighted by Gasteiger charge is -2.12. The maximum absolute atomic E-state index is 12.3. The van der Waals surface area contributed by atoms with Gasteiger partial charge < -0.3 is 0 Å². The van der Waals surface area contributed by atoms with E-state index < -0.39 is 11.8 Å². The van der Waals surface area contributed by atoms with Crippen molar-refractivity contribution in [3.8, 4) is 6.07 Å². The third-order valence-electron chi connectivity index (χ3n) is 2.84. The molecule has 0 spiro atoms. The van der Waals surface area contributed by atoms with E-state index in [0.717, 1.165) is 0 Å². The molecule has 0 aromatic heterocycles. The number of nitrogens with zero attached hydrogens (tertiary/aromatic N) is 4. The SMILES string of the molecule is CC1=NN(c2ccccc2)C(=O)[C@@H]1/C=N/NC(=O)CC#N. The number of carbonyl (C=O) groups is 2. The molecule has 21 heavy (non-hydrogen) atoms. The Kier molecular flexibility index (Phi) is 4.41. The summed E-state index contributed by atoms with van der Waals surface area (Å²) < 4.78 is 0. The van der Waals surface area contributed by atoms with Gasteiger partial charge in [0.05, 0.1) is 17.5 Å². The van der Waals surface area contributed by atoms with Crippen LogP contribution in [0.5, 0.6) is 0 Å². The number of benzene rings is 1. The van der Waals surface area contributed by atoms with Crippen LogP contribution >= 0.6 is 0 Å². The van der Waals surface area contributed by atoms with Crippen LogP contribution in [0.4, 0.5) is 5.69 Å². The lowest BCUT2D eigenvalue weighted by Crippen LogP contribution is -2.29. The van der Waals surface area contributed by atoms with Crippen LogP contribution in [0, 0.1) is 17.2 Å². The number of carbonyl (C=O) groups excluding carboxylic acids is 2. The van der Waals surface area contributed by atoms with E-state index in [9.17, 15) is 9.59 Å². The normalized spacial score (nSPS) is 17.7. The Morgan fingerprint density at radius 2 is 2.24 bits per heavy atom. The van der Waals surface area contributed by atoms with Gasteiger partial charge in [0.25, 0.3) is 11.8 Å². The third kappa shape index (κ3) is 3.30. The van der Waals surface area contributed by atoms with Gasteiger partial charge in [0.15, 0.2) is 0 Å². The predicted molar refractivity (Wildman–Crippen MR) is 77.4 cm³/mol. The second kappa shape index (κ2) is 6.43. The molecule has 1 N–H and O–H groups in total. The Labute approximate surface area is 121 Å². The minimum Gasteiger partial charge on any atom is -0.272 e. The molecule has 7 nitrogen and oxygen atoms in total. The Morgan fingerprint density at radius 1 is 1.52 bits per heavy atom. The van der Waals surface area contributed by atoms with Gasteiger partial charge in [-0.25, -0.2) is 5.43 Å². The van der Waals surface area contributed by atoms with Crippen molar-refractivity contribution in [3.05, 3.63) is 30.3 Å². The topological polar surface area (TPSA) is 97.9 Å². The maximum atomic E-state index is 12.3. The van der Waals surface area contributed by atoms with E-state index in [4.69, 9.17) is 5.26 Å². The minimum absolute atomic E-state index is 0.239. The van der Waals surface area contributed by atoms with E-state index in [0.29, 0.717) is 11.4 Å². The van der Waals surface area contributed by atoms with Crippen LogP contribution in [0.3, 0.4) is 0 Å². The first kappa shape index (κ1) is 14.4. The van der Waals surface area contributed by atoms with Crippen LogP contribution in [-0.4, -0.2) is 23.7 Å². The molecule has 2 amide bonds. The zero-order valence-corrected chi connectivity index (χ0v) is 11.4. The van der Waals surface area contributed by atoms with Crippen LogP contribution in [0.2, 0.25) is 0 Å². The van der Waals surface area contributed by atoms with E-state index in [1.54, 1.807) is 25.1 Å². The zero-order valence-electron chi connectivity index (χ0n) is 11.4. The largest absolute Gasteiger partial charge is 0.272 e. The van der Waals surface area contributed by atoms with Crippen LogP contribution in [0.1, 0.15) is 13.3 Å². The summed E-state index contributed by atoms with van der Waals surface area (Å²) in [6, 6.07) is 10.8. The standard InChI is InChI=1S/C14H13N5O2/c1-10-12(9-16-17-13(20)7-8-15)14(21)19(18-10)11-5-3-2-4-6-11/h2-6,9,12H,7H2,1H3,(H,17,20)/b16-9+/t12-/m1/s1. The molecule has 7 heteroatoms. The lowest BCUT2D eigenvalue weighted by atomic mass is 10.1. The van der Waals surface area contributed by atoms with Crippen molar-refractivity contribution in [3.63, 3.8) is 0 Å². The number of hydrogen-bond acceptors (Lipinski definition) is 5. The number of hydrogen-bond donors (Lipinski definition) is 1. The molecule has 0 saturated carbocycles. The highest BCUT2D eigenvalue weighted by Crippen LogP contribution is 2.22. The maximum Gasteiger partial charge on any atom is 0.261 e. The summed E-state index contributed by atoms with van der Waals surface area (Å²) in [5, 5.41) is 17.6. The highest BCUT2D eigenvalue weighted by Gasteiger charge is 2.33. The number of rotatable bonds is 4. The first-order valence-corrected chi connectivity index (χ1v) is 6.26. The molecule has 2 rings (SSSR count). The van der Waals surface area contributed by atoms with E-state index in [1.807, 2.05) is 18.2 Å². The van der Waals surface area contributed by atoms with Gasteiger partial charge in [-0.15, -0.1) is 0 Å². The van der Waals surface area contributed by atoms with Crippen LogP contribution in [0.15, 0.2) is 40.5 Å². The number of nitriles is 1. The van der Waals surface area contributed by atoms with Gasteiger partial charge in [-0.05, 0) is 19.1 Å². The van der Waals surface area contributed by atoms with Crippen molar-refractivity contribution in [1.82, 2.24) is 5.43 Å². The van der Waals surface area contributed by atoms with E-state index in [-0.39, 0.29) is 12.3 Å². The van der Waals surface area contributed by atoms with E-state index in [1.165, 1.54) is 11.2 Å². The highest BCUT2D eigenvalue weighted by atomic mass is 16.2. The molecule has 1 aliphatic heterocycles. The molecule has 1 aliphatic rings. The fourth-order valence-corrected chi connectivity index (χ4v) is 1.80. The minimum atomic E-state index is -0.618. The molecular formula is C14H13N5O2. The average molecular weight is 283 g/mol. The number of amides is 2. The number of para-hydroxylation sites is 1. The average Bonchev–Trinajstić information content (AvgIpc) is 2.76. The summed E-state index contributed by atoms with van der Waals surface area (Å²) in [4.78, 5) is 23.4.